The van der Waals surface area contributed by atoms with Crippen LogP contribution in [0.4, 0.5) is 11.5 Å². The number of rotatable bonds is 5. The number of hydrogen-bond donors (Lipinski definition) is 0. The van der Waals surface area contributed by atoms with Gasteiger partial charge in [0.1, 0.15) is 11.9 Å². The first-order valence-electron chi connectivity index (χ1n) is 10.4. The second-order valence-corrected chi connectivity index (χ2v) is 8.50. The molecule has 1 aromatic carbocycles. The molecule has 2 aromatic rings. The lowest BCUT2D eigenvalue weighted by Crippen LogP contribution is -2.51. The topological polar surface area (TPSA) is 49.6 Å². The Balaban J connectivity index is 1.22. The lowest BCUT2D eigenvalue weighted by atomic mass is 10.2. The molecule has 3 heterocycles. The van der Waals surface area contributed by atoms with E-state index in [1.807, 2.05) is 30.3 Å². The van der Waals surface area contributed by atoms with Gasteiger partial charge in [0.25, 0.3) is 0 Å². The summed E-state index contributed by atoms with van der Waals surface area (Å²) < 4.78 is 0. The Morgan fingerprint density at radius 3 is 2.10 bits per heavy atom. The van der Waals surface area contributed by atoms with Gasteiger partial charge in [-0.15, -0.1) is 0 Å². The van der Waals surface area contributed by atoms with Crippen molar-refractivity contribution in [3.05, 3.63) is 52.1 Å². The highest BCUT2D eigenvalue weighted by Gasteiger charge is 2.23. The van der Waals surface area contributed by atoms with Crippen LogP contribution in [0.2, 0.25) is 10.0 Å². The Kier molecular flexibility index (Phi) is 6.96. The summed E-state index contributed by atoms with van der Waals surface area (Å²) in [6.45, 7) is 9.95. The van der Waals surface area contributed by atoms with Crippen LogP contribution in [0.5, 0.6) is 0 Å². The zero-order valence-electron chi connectivity index (χ0n) is 17.0. The molecule has 2 fully saturated rings. The van der Waals surface area contributed by atoms with Gasteiger partial charge < -0.3 is 9.80 Å². The predicted octanol–water partition coefficient (Wildman–Crippen LogP) is 3.20. The second kappa shape index (κ2) is 9.84. The van der Waals surface area contributed by atoms with Crippen LogP contribution in [-0.4, -0.2) is 80.2 Å². The Morgan fingerprint density at radius 2 is 1.47 bits per heavy atom. The average molecular weight is 445 g/mol. The van der Waals surface area contributed by atoms with Crippen LogP contribution in [0.1, 0.15) is 5.56 Å². The first-order valence-corrected chi connectivity index (χ1v) is 11.1. The molecule has 0 bridgehead atoms. The lowest BCUT2D eigenvalue weighted by molar-refractivity contribution is 0.190. The molecule has 0 amide bonds. The molecular weight excluding hydrogens is 419 g/mol. The molecule has 2 saturated heterocycles. The molecule has 4 rings (SSSR count). The highest BCUT2D eigenvalue weighted by Crippen LogP contribution is 2.32. The predicted molar refractivity (Wildman–Crippen MR) is 123 cm³/mol. The zero-order chi connectivity index (χ0) is 20.9. The molecule has 0 aliphatic carbocycles. The van der Waals surface area contributed by atoms with Crippen molar-refractivity contribution in [3.63, 3.8) is 0 Å². The van der Waals surface area contributed by atoms with Gasteiger partial charge in [-0.3, -0.25) is 9.80 Å². The standard InChI is InChI=1S/C22H26Cl2N6/c23-19-4-1-5-20(21(19)24)29-13-9-27(10-14-29)7-8-28-11-15-30(16-12-28)22-18(17-25)3-2-6-26-22/h1-6H,7-16H2. The average Bonchev–Trinajstić information content (AvgIpc) is 2.80. The number of hydrogen-bond acceptors (Lipinski definition) is 6. The normalized spacial score (nSPS) is 18.4. The number of anilines is 2. The van der Waals surface area contributed by atoms with Crippen molar-refractivity contribution in [2.24, 2.45) is 0 Å². The molecule has 2 aliphatic rings. The van der Waals surface area contributed by atoms with Crippen LogP contribution in [0, 0.1) is 11.3 Å². The van der Waals surface area contributed by atoms with E-state index < -0.39 is 0 Å². The van der Waals surface area contributed by atoms with Gasteiger partial charge in [-0.05, 0) is 24.3 Å². The summed E-state index contributed by atoms with van der Waals surface area (Å²) in [6, 6.07) is 11.7. The van der Waals surface area contributed by atoms with Crippen molar-refractivity contribution in [3.8, 4) is 6.07 Å². The lowest BCUT2D eigenvalue weighted by Gasteiger charge is -2.39. The summed E-state index contributed by atoms with van der Waals surface area (Å²) in [6.07, 6.45) is 1.76. The summed E-state index contributed by atoms with van der Waals surface area (Å²) in [5.41, 5.74) is 1.69. The maximum absolute atomic E-state index is 9.30. The number of aromatic nitrogens is 1. The molecular formula is C22H26Cl2N6. The first-order chi connectivity index (χ1) is 14.7. The highest BCUT2D eigenvalue weighted by atomic mass is 35.5. The van der Waals surface area contributed by atoms with Crippen molar-refractivity contribution in [2.75, 3.05) is 75.2 Å². The number of nitriles is 1. The number of benzene rings is 1. The molecule has 0 atom stereocenters. The summed E-state index contributed by atoms with van der Waals surface area (Å²) >= 11 is 12.5. The maximum Gasteiger partial charge on any atom is 0.146 e. The fourth-order valence-electron chi connectivity index (χ4n) is 4.15. The largest absolute Gasteiger partial charge is 0.368 e. The number of nitrogens with zero attached hydrogens (tertiary/aromatic N) is 6. The van der Waals surface area contributed by atoms with E-state index in [-0.39, 0.29) is 0 Å². The van der Waals surface area contributed by atoms with Crippen molar-refractivity contribution in [1.29, 1.82) is 5.26 Å². The SMILES string of the molecule is N#Cc1cccnc1N1CCN(CCN2CCN(c3cccc(Cl)c3Cl)CC2)CC1. The van der Waals surface area contributed by atoms with E-state index >= 15 is 0 Å². The molecule has 0 N–H and O–H groups in total. The summed E-state index contributed by atoms with van der Waals surface area (Å²) in [7, 11) is 0. The van der Waals surface area contributed by atoms with Crippen LogP contribution >= 0.6 is 23.2 Å². The first kappa shape index (κ1) is 21.2. The molecule has 0 saturated carbocycles. The highest BCUT2D eigenvalue weighted by molar-refractivity contribution is 6.43. The summed E-state index contributed by atoms with van der Waals surface area (Å²) in [5.74, 6) is 0.815. The van der Waals surface area contributed by atoms with E-state index in [0.717, 1.165) is 77.0 Å². The van der Waals surface area contributed by atoms with E-state index in [9.17, 15) is 5.26 Å². The Hall–Kier alpha value is -2.04. The number of halogens is 2. The van der Waals surface area contributed by atoms with Gasteiger partial charge in [-0.25, -0.2) is 4.98 Å². The second-order valence-electron chi connectivity index (χ2n) is 7.72. The van der Waals surface area contributed by atoms with Gasteiger partial charge in [0.15, 0.2) is 0 Å². The van der Waals surface area contributed by atoms with Gasteiger partial charge >= 0.3 is 0 Å². The molecule has 8 heteroatoms. The smallest absolute Gasteiger partial charge is 0.146 e. The molecule has 0 spiro atoms. The molecule has 1 aromatic heterocycles. The Bertz CT molecular complexity index is 899. The van der Waals surface area contributed by atoms with Crippen LogP contribution in [0.25, 0.3) is 0 Å². The third kappa shape index (κ3) is 4.81. The number of pyridine rings is 1. The molecule has 2 aliphatic heterocycles. The maximum atomic E-state index is 9.30. The van der Waals surface area contributed by atoms with E-state index in [0.29, 0.717) is 15.6 Å². The van der Waals surface area contributed by atoms with Crippen LogP contribution in [0.15, 0.2) is 36.5 Å². The van der Waals surface area contributed by atoms with Gasteiger partial charge in [0.2, 0.25) is 0 Å². The zero-order valence-corrected chi connectivity index (χ0v) is 18.5. The van der Waals surface area contributed by atoms with Gasteiger partial charge in [-0.1, -0.05) is 29.3 Å². The number of piperazine rings is 2. The van der Waals surface area contributed by atoms with Crippen molar-refractivity contribution in [1.82, 2.24) is 14.8 Å². The van der Waals surface area contributed by atoms with Gasteiger partial charge in [0.05, 0.1) is 21.3 Å². The molecule has 158 valence electrons. The van der Waals surface area contributed by atoms with Crippen LogP contribution in [-0.2, 0) is 0 Å². The fraction of sp³-hybridized carbons (Fsp3) is 0.455. The van der Waals surface area contributed by atoms with Crippen LogP contribution < -0.4 is 9.80 Å². The minimum atomic E-state index is 0.614. The van der Waals surface area contributed by atoms with Crippen molar-refractivity contribution in [2.45, 2.75) is 0 Å². The Morgan fingerprint density at radius 1 is 0.833 bits per heavy atom. The summed E-state index contributed by atoms with van der Waals surface area (Å²) in [4.78, 5) is 14.0. The van der Waals surface area contributed by atoms with E-state index in [4.69, 9.17) is 23.2 Å². The Labute approximate surface area is 188 Å². The third-order valence-electron chi connectivity index (χ3n) is 5.96. The fourth-order valence-corrected chi connectivity index (χ4v) is 4.57. The molecule has 0 unspecified atom stereocenters. The van der Waals surface area contributed by atoms with Crippen molar-refractivity contribution < 1.29 is 0 Å². The van der Waals surface area contributed by atoms with E-state index in [1.54, 1.807) is 6.20 Å². The quantitative estimate of drug-likeness (QED) is 0.705. The van der Waals surface area contributed by atoms with E-state index in [2.05, 4.69) is 30.7 Å². The van der Waals surface area contributed by atoms with E-state index in [1.165, 1.54) is 0 Å². The monoisotopic (exact) mass is 444 g/mol. The van der Waals surface area contributed by atoms with Gasteiger partial charge in [-0.2, -0.15) is 5.26 Å². The van der Waals surface area contributed by atoms with Crippen LogP contribution in [0.3, 0.4) is 0 Å². The molecule has 0 radical (unpaired) electrons. The molecule has 6 nitrogen and oxygen atoms in total. The minimum Gasteiger partial charge on any atom is -0.368 e. The van der Waals surface area contributed by atoms with Crippen molar-refractivity contribution >= 4 is 34.7 Å². The third-order valence-corrected chi connectivity index (χ3v) is 6.76. The van der Waals surface area contributed by atoms with Gasteiger partial charge in [0, 0.05) is 71.6 Å². The summed E-state index contributed by atoms with van der Waals surface area (Å²) in [5, 5.41) is 10.6. The minimum absolute atomic E-state index is 0.614. The molecule has 30 heavy (non-hydrogen) atoms.